The maximum atomic E-state index is 11.9. The first kappa shape index (κ1) is 13.7. The summed E-state index contributed by atoms with van der Waals surface area (Å²) < 4.78 is 4.59. The van der Waals surface area contributed by atoms with Gasteiger partial charge in [-0.3, -0.25) is 14.6 Å². The molecule has 2 rings (SSSR count). The highest BCUT2D eigenvalue weighted by Crippen LogP contribution is 2.12. The molecule has 1 heterocycles. The molecule has 1 N–H and O–H groups in total. The molecule has 5 nitrogen and oxygen atoms in total. The van der Waals surface area contributed by atoms with Crippen molar-refractivity contribution in [2.75, 3.05) is 12.4 Å². The molecule has 0 bridgehead atoms. The Balaban J connectivity index is 2.00. The van der Waals surface area contributed by atoms with Crippen LogP contribution < -0.4 is 5.32 Å². The minimum Gasteiger partial charge on any atom is -0.469 e. The summed E-state index contributed by atoms with van der Waals surface area (Å²) in [5.74, 6) is -0.494. The summed E-state index contributed by atoms with van der Waals surface area (Å²) in [5.41, 5.74) is 2.04. The molecule has 0 saturated heterocycles. The first-order chi connectivity index (χ1) is 9.69. The zero-order valence-corrected chi connectivity index (χ0v) is 11.0. The van der Waals surface area contributed by atoms with E-state index in [4.69, 9.17) is 0 Å². The first-order valence-electron chi connectivity index (χ1n) is 6.06. The van der Waals surface area contributed by atoms with E-state index in [0.29, 0.717) is 11.3 Å². The molecule has 0 unspecified atom stereocenters. The molecule has 0 radical (unpaired) electrons. The van der Waals surface area contributed by atoms with Gasteiger partial charge in [-0.25, -0.2) is 0 Å². The second kappa shape index (κ2) is 6.47. The van der Waals surface area contributed by atoms with Crippen LogP contribution in [-0.2, 0) is 16.0 Å². The molecule has 0 fully saturated rings. The van der Waals surface area contributed by atoms with Gasteiger partial charge >= 0.3 is 5.97 Å². The number of hydrogen-bond acceptors (Lipinski definition) is 4. The lowest BCUT2D eigenvalue weighted by Crippen LogP contribution is -2.12. The van der Waals surface area contributed by atoms with Crippen molar-refractivity contribution in [3.8, 4) is 0 Å². The fourth-order valence-corrected chi connectivity index (χ4v) is 1.65. The van der Waals surface area contributed by atoms with Gasteiger partial charge in [0, 0.05) is 23.6 Å². The standard InChI is InChI=1S/C15H14N2O3/c1-20-14(18)10-11-2-4-13(5-3-11)17-15(19)12-6-8-16-9-7-12/h2-9H,10H2,1H3,(H,17,19). The number of nitrogens with one attached hydrogen (secondary N) is 1. The summed E-state index contributed by atoms with van der Waals surface area (Å²) in [5, 5.41) is 2.77. The average molecular weight is 270 g/mol. The number of benzene rings is 1. The Kier molecular flexibility index (Phi) is 4.44. The molecule has 0 atom stereocenters. The third kappa shape index (κ3) is 3.65. The van der Waals surface area contributed by atoms with Crippen molar-refractivity contribution in [2.45, 2.75) is 6.42 Å². The largest absolute Gasteiger partial charge is 0.469 e. The van der Waals surface area contributed by atoms with Crippen LogP contribution in [0.4, 0.5) is 5.69 Å². The van der Waals surface area contributed by atoms with Crippen molar-refractivity contribution < 1.29 is 14.3 Å². The molecule has 102 valence electrons. The normalized spacial score (nSPS) is 9.85. The number of anilines is 1. The van der Waals surface area contributed by atoms with Gasteiger partial charge in [0.15, 0.2) is 0 Å². The molecule has 1 aromatic carbocycles. The number of esters is 1. The number of carbonyl (C=O) groups is 2. The van der Waals surface area contributed by atoms with E-state index in [9.17, 15) is 9.59 Å². The number of hydrogen-bond donors (Lipinski definition) is 1. The topological polar surface area (TPSA) is 68.3 Å². The van der Waals surface area contributed by atoms with Crippen molar-refractivity contribution >= 4 is 17.6 Å². The van der Waals surface area contributed by atoms with Crippen LogP contribution in [0.2, 0.25) is 0 Å². The van der Waals surface area contributed by atoms with Gasteiger partial charge in [0.2, 0.25) is 0 Å². The Morgan fingerprint density at radius 1 is 1.10 bits per heavy atom. The van der Waals surface area contributed by atoms with E-state index in [2.05, 4.69) is 15.0 Å². The summed E-state index contributed by atoms with van der Waals surface area (Å²) in [6.45, 7) is 0. The second-order valence-corrected chi connectivity index (χ2v) is 4.14. The molecule has 1 amide bonds. The monoisotopic (exact) mass is 270 g/mol. The molecule has 0 aliphatic rings. The maximum Gasteiger partial charge on any atom is 0.309 e. The van der Waals surface area contributed by atoms with Gasteiger partial charge in [-0.2, -0.15) is 0 Å². The van der Waals surface area contributed by atoms with Crippen LogP contribution in [0, 0.1) is 0 Å². The lowest BCUT2D eigenvalue weighted by atomic mass is 10.1. The molecule has 2 aromatic rings. The Labute approximate surface area is 116 Å². The average Bonchev–Trinajstić information content (AvgIpc) is 2.50. The number of aromatic nitrogens is 1. The Hall–Kier alpha value is -2.69. The predicted molar refractivity (Wildman–Crippen MR) is 74.4 cm³/mol. The van der Waals surface area contributed by atoms with Crippen molar-refractivity contribution in [3.63, 3.8) is 0 Å². The van der Waals surface area contributed by atoms with Gasteiger partial charge in [-0.1, -0.05) is 12.1 Å². The quantitative estimate of drug-likeness (QED) is 0.863. The van der Waals surface area contributed by atoms with Crippen LogP contribution in [-0.4, -0.2) is 24.0 Å². The molecule has 0 saturated carbocycles. The van der Waals surface area contributed by atoms with Crippen LogP contribution in [0.15, 0.2) is 48.8 Å². The van der Waals surface area contributed by atoms with Gasteiger partial charge < -0.3 is 10.1 Å². The van der Waals surface area contributed by atoms with Crippen LogP contribution >= 0.6 is 0 Å². The minimum atomic E-state index is -0.293. The van der Waals surface area contributed by atoms with Crippen LogP contribution in [0.1, 0.15) is 15.9 Å². The predicted octanol–water partition coefficient (Wildman–Crippen LogP) is 2.05. The summed E-state index contributed by atoms with van der Waals surface area (Å²) in [4.78, 5) is 26.9. The summed E-state index contributed by atoms with van der Waals surface area (Å²) in [6, 6.07) is 10.3. The van der Waals surface area contributed by atoms with E-state index in [1.807, 2.05) is 0 Å². The lowest BCUT2D eigenvalue weighted by Gasteiger charge is -2.06. The summed E-state index contributed by atoms with van der Waals surface area (Å²) >= 11 is 0. The number of methoxy groups -OCH3 is 1. The fraction of sp³-hybridized carbons (Fsp3) is 0.133. The Bertz CT molecular complexity index is 594. The molecule has 20 heavy (non-hydrogen) atoms. The molecule has 1 aromatic heterocycles. The second-order valence-electron chi connectivity index (χ2n) is 4.14. The highest BCUT2D eigenvalue weighted by atomic mass is 16.5. The van der Waals surface area contributed by atoms with Gasteiger partial charge in [0.25, 0.3) is 5.91 Å². The molecule has 5 heteroatoms. The minimum absolute atomic E-state index is 0.201. The summed E-state index contributed by atoms with van der Waals surface area (Å²) in [6.07, 6.45) is 3.35. The zero-order chi connectivity index (χ0) is 14.4. The number of nitrogens with zero attached hydrogens (tertiary/aromatic N) is 1. The number of carbonyl (C=O) groups excluding carboxylic acids is 2. The number of rotatable bonds is 4. The van der Waals surface area contributed by atoms with Crippen molar-refractivity contribution in [1.82, 2.24) is 4.98 Å². The third-order valence-electron chi connectivity index (χ3n) is 2.73. The SMILES string of the molecule is COC(=O)Cc1ccc(NC(=O)c2ccncc2)cc1. The van der Waals surface area contributed by atoms with Gasteiger partial charge in [-0.05, 0) is 29.8 Å². The van der Waals surface area contributed by atoms with E-state index in [1.165, 1.54) is 7.11 Å². The highest BCUT2D eigenvalue weighted by Gasteiger charge is 2.06. The van der Waals surface area contributed by atoms with E-state index in [1.54, 1.807) is 48.8 Å². The molecule has 0 spiro atoms. The molecule has 0 aliphatic carbocycles. The summed E-state index contributed by atoms with van der Waals surface area (Å²) in [7, 11) is 1.35. The molecule has 0 aliphatic heterocycles. The maximum absolute atomic E-state index is 11.9. The van der Waals surface area contributed by atoms with Crippen molar-refractivity contribution in [2.24, 2.45) is 0 Å². The van der Waals surface area contributed by atoms with E-state index in [0.717, 1.165) is 5.56 Å². The Morgan fingerprint density at radius 3 is 2.35 bits per heavy atom. The lowest BCUT2D eigenvalue weighted by molar-refractivity contribution is -0.139. The van der Waals surface area contributed by atoms with Gasteiger partial charge in [0.1, 0.15) is 0 Å². The van der Waals surface area contributed by atoms with E-state index >= 15 is 0 Å². The van der Waals surface area contributed by atoms with Crippen molar-refractivity contribution in [3.05, 3.63) is 59.9 Å². The van der Waals surface area contributed by atoms with Crippen LogP contribution in [0.3, 0.4) is 0 Å². The fourth-order valence-electron chi connectivity index (χ4n) is 1.65. The van der Waals surface area contributed by atoms with Gasteiger partial charge in [-0.15, -0.1) is 0 Å². The third-order valence-corrected chi connectivity index (χ3v) is 2.73. The van der Waals surface area contributed by atoms with Crippen molar-refractivity contribution in [1.29, 1.82) is 0 Å². The first-order valence-corrected chi connectivity index (χ1v) is 6.06. The number of amides is 1. The molecular weight excluding hydrogens is 256 g/mol. The number of pyridine rings is 1. The molecular formula is C15H14N2O3. The highest BCUT2D eigenvalue weighted by molar-refractivity contribution is 6.04. The zero-order valence-electron chi connectivity index (χ0n) is 11.0. The smallest absolute Gasteiger partial charge is 0.309 e. The van der Waals surface area contributed by atoms with E-state index in [-0.39, 0.29) is 18.3 Å². The van der Waals surface area contributed by atoms with Crippen LogP contribution in [0.25, 0.3) is 0 Å². The Morgan fingerprint density at radius 2 is 1.75 bits per heavy atom. The number of ether oxygens (including phenoxy) is 1. The van der Waals surface area contributed by atoms with Gasteiger partial charge in [0.05, 0.1) is 13.5 Å². The van der Waals surface area contributed by atoms with E-state index < -0.39 is 0 Å². The van der Waals surface area contributed by atoms with Crippen LogP contribution in [0.5, 0.6) is 0 Å².